The van der Waals surface area contributed by atoms with Crippen LogP contribution in [0.5, 0.6) is 11.9 Å². The van der Waals surface area contributed by atoms with E-state index in [9.17, 15) is 4.39 Å². The second-order valence-corrected chi connectivity index (χ2v) is 3.06. The normalized spacial score (nSPS) is 10.4. The molecular weight excluding hydrogens is 239 g/mol. The van der Waals surface area contributed by atoms with Crippen molar-refractivity contribution in [3.8, 4) is 23.3 Å². The van der Waals surface area contributed by atoms with Gasteiger partial charge in [0, 0.05) is 6.20 Å². The van der Waals surface area contributed by atoms with Gasteiger partial charge in [-0.1, -0.05) is 0 Å². The van der Waals surface area contributed by atoms with Gasteiger partial charge in [0.1, 0.15) is 5.69 Å². The van der Waals surface area contributed by atoms with E-state index in [1.54, 1.807) is 0 Å². The molecule has 82 valence electrons. The SMILES string of the molecule is Oc1nc(O)c(F)c(-c2ccnc(Cl)n2)n1. The van der Waals surface area contributed by atoms with Crippen LogP contribution in [0.4, 0.5) is 4.39 Å². The molecule has 0 aliphatic carbocycles. The summed E-state index contributed by atoms with van der Waals surface area (Å²) in [5, 5.41) is 18.0. The molecule has 0 radical (unpaired) electrons. The number of hydrogen-bond acceptors (Lipinski definition) is 6. The predicted octanol–water partition coefficient (Wildman–Crippen LogP) is 1.14. The molecule has 0 aliphatic heterocycles. The van der Waals surface area contributed by atoms with Crippen molar-refractivity contribution in [2.75, 3.05) is 0 Å². The van der Waals surface area contributed by atoms with E-state index in [2.05, 4.69) is 19.9 Å². The van der Waals surface area contributed by atoms with Gasteiger partial charge in [-0.25, -0.2) is 9.97 Å². The van der Waals surface area contributed by atoms with E-state index in [1.165, 1.54) is 12.3 Å². The summed E-state index contributed by atoms with van der Waals surface area (Å²) in [7, 11) is 0. The minimum Gasteiger partial charge on any atom is -0.491 e. The Labute approximate surface area is 93.4 Å². The molecule has 0 saturated carbocycles. The molecule has 0 bridgehead atoms. The standard InChI is InChI=1S/C8H4ClFN4O2/c9-7-11-2-1-3(12-7)5-4(10)6(15)14-8(16)13-5/h1-2H,(H2,13,14,15,16). The average Bonchev–Trinajstić information content (AvgIpc) is 2.23. The van der Waals surface area contributed by atoms with E-state index >= 15 is 0 Å². The highest BCUT2D eigenvalue weighted by Gasteiger charge is 2.16. The van der Waals surface area contributed by atoms with E-state index in [0.29, 0.717) is 0 Å². The fourth-order valence-corrected chi connectivity index (χ4v) is 1.21. The molecule has 2 rings (SSSR count). The minimum absolute atomic E-state index is 0.0329. The van der Waals surface area contributed by atoms with Gasteiger partial charge in [0.15, 0.2) is 0 Å². The molecule has 0 spiro atoms. The van der Waals surface area contributed by atoms with Crippen LogP contribution in [0.15, 0.2) is 12.3 Å². The lowest BCUT2D eigenvalue weighted by molar-refractivity contribution is 0.373. The quantitative estimate of drug-likeness (QED) is 0.729. The number of aromatic nitrogens is 4. The van der Waals surface area contributed by atoms with Gasteiger partial charge < -0.3 is 10.2 Å². The lowest BCUT2D eigenvalue weighted by Crippen LogP contribution is -1.96. The summed E-state index contributed by atoms with van der Waals surface area (Å²) in [5.41, 5.74) is -0.320. The molecule has 0 atom stereocenters. The topological polar surface area (TPSA) is 92.0 Å². The fraction of sp³-hybridized carbons (Fsp3) is 0. The Morgan fingerprint density at radius 2 is 1.94 bits per heavy atom. The van der Waals surface area contributed by atoms with Crippen molar-refractivity contribution in [1.82, 2.24) is 19.9 Å². The van der Waals surface area contributed by atoms with Gasteiger partial charge in [0.25, 0.3) is 5.88 Å². The Kier molecular flexibility index (Phi) is 2.53. The monoisotopic (exact) mass is 242 g/mol. The van der Waals surface area contributed by atoms with Crippen LogP contribution in [0, 0.1) is 5.82 Å². The Balaban J connectivity index is 2.64. The van der Waals surface area contributed by atoms with Crippen LogP contribution in [0.25, 0.3) is 11.4 Å². The maximum atomic E-state index is 13.4. The molecule has 0 fully saturated rings. The van der Waals surface area contributed by atoms with Crippen LogP contribution in [0.1, 0.15) is 0 Å². The van der Waals surface area contributed by atoms with Gasteiger partial charge in [0.05, 0.1) is 5.69 Å². The summed E-state index contributed by atoms with van der Waals surface area (Å²) in [4.78, 5) is 13.7. The molecule has 2 heterocycles. The highest BCUT2D eigenvalue weighted by Crippen LogP contribution is 2.25. The maximum Gasteiger partial charge on any atom is 0.318 e. The molecule has 0 unspecified atom stereocenters. The lowest BCUT2D eigenvalue weighted by Gasteiger charge is -2.03. The van der Waals surface area contributed by atoms with Crippen LogP contribution in [0.2, 0.25) is 5.28 Å². The summed E-state index contributed by atoms with van der Waals surface area (Å²) < 4.78 is 13.4. The first-order valence-electron chi connectivity index (χ1n) is 4.02. The first-order chi connectivity index (χ1) is 7.58. The zero-order chi connectivity index (χ0) is 11.7. The first-order valence-corrected chi connectivity index (χ1v) is 4.40. The second-order valence-electron chi connectivity index (χ2n) is 2.72. The van der Waals surface area contributed by atoms with Crippen molar-refractivity contribution in [2.24, 2.45) is 0 Å². The number of nitrogens with zero attached hydrogens (tertiary/aromatic N) is 4. The van der Waals surface area contributed by atoms with Gasteiger partial charge in [-0.15, -0.1) is 0 Å². The first kappa shape index (κ1) is 10.5. The predicted molar refractivity (Wildman–Crippen MR) is 51.4 cm³/mol. The van der Waals surface area contributed by atoms with Gasteiger partial charge in [-0.2, -0.15) is 14.4 Å². The van der Waals surface area contributed by atoms with E-state index in [4.69, 9.17) is 21.8 Å². The third-order valence-electron chi connectivity index (χ3n) is 1.69. The summed E-state index contributed by atoms with van der Waals surface area (Å²) in [6.45, 7) is 0. The van der Waals surface area contributed by atoms with E-state index in [1.807, 2.05) is 0 Å². The summed E-state index contributed by atoms with van der Waals surface area (Å²) in [6, 6.07) is 0.569. The van der Waals surface area contributed by atoms with Crippen LogP contribution in [-0.4, -0.2) is 30.1 Å². The van der Waals surface area contributed by atoms with Crippen molar-refractivity contribution in [2.45, 2.75) is 0 Å². The smallest absolute Gasteiger partial charge is 0.318 e. The second kappa shape index (κ2) is 3.86. The molecule has 16 heavy (non-hydrogen) atoms. The molecule has 0 aromatic carbocycles. The van der Waals surface area contributed by atoms with Crippen LogP contribution in [-0.2, 0) is 0 Å². The highest BCUT2D eigenvalue weighted by atomic mass is 35.5. The molecule has 0 saturated heterocycles. The summed E-state index contributed by atoms with van der Waals surface area (Å²) >= 11 is 5.51. The Morgan fingerprint density at radius 3 is 2.62 bits per heavy atom. The summed E-state index contributed by atoms with van der Waals surface area (Å²) in [6.07, 6.45) is 1.29. The molecular formula is C8H4ClFN4O2. The molecule has 0 amide bonds. The van der Waals surface area contributed by atoms with E-state index < -0.39 is 17.7 Å². The van der Waals surface area contributed by atoms with E-state index in [0.717, 1.165) is 0 Å². The zero-order valence-electron chi connectivity index (χ0n) is 7.59. The van der Waals surface area contributed by atoms with Crippen LogP contribution < -0.4 is 0 Å². The van der Waals surface area contributed by atoms with E-state index in [-0.39, 0.29) is 16.7 Å². The molecule has 0 aliphatic rings. The third-order valence-corrected chi connectivity index (χ3v) is 1.87. The van der Waals surface area contributed by atoms with Crippen molar-refractivity contribution < 1.29 is 14.6 Å². The van der Waals surface area contributed by atoms with Crippen molar-refractivity contribution in [1.29, 1.82) is 0 Å². The Morgan fingerprint density at radius 1 is 1.19 bits per heavy atom. The Bertz CT molecular complexity index is 552. The minimum atomic E-state index is -1.09. The molecule has 2 aromatic rings. The molecule has 6 nitrogen and oxygen atoms in total. The number of hydrogen-bond donors (Lipinski definition) is 2. The average molecular weight is 243 g/mol. The van der Waals surface area contributed by atoms with Crippen LogP contribution in [0.3, 0.4) is 0 Å². The van der Waals surface area contributed by atoms with Gasteiger partial charge in [-0.05, 0) is 17.7 Å². The van der Waals surface area contributed by atoms with Gasteiger partial charge in [-0.3, -0.25) is 0 Å². The lowest BCUT2D eigenvalue weighted by atomic mass is 10.3. The van der Waals surface area contributed by atoms with Gasteiger partial charge >= 0.3 is 6.01 Å². The summed E-state index contributed by atoms with van der Waals surface area (Å²) in [5.74, 6) is -2.05. The fourth-order valence-electron chi connectivity index (χ4n) is 1.06. The molecule has 2 aromatic heterocycles. The number of rotatable bonds is 1. The van der Waals surface area contributed by atoms with Gasteiger partial charge in [0.2, 0.25) is 11.1 Å². The van der Waals surface area contributed by atoms with Crippen molar-refractivity contribution >= 4 is 11.6 Å². The third kappa shape index (κ3) is 1.84. The largest absolute Gasteiger partial charge is 0.491 e. The zero-order valence-corrected chi connectivity index (χ0v) is 8.35. The van der Waals surface area contributed by atoms with Crippen LogP contribution >= 0.6 is 11.6 Å². The number of halogens is 2. The van der Waals surface area contributed by atoms with Crippen molar-refractivity contribution in [3.05, 3.63) is 23.4 Å². The highest BCUT2D eigenvalue weighted by molar-refractivity contribution is 6.28. The Hall–Kier alpha value is -2.02. The number of aromatic hydroxyl groups is 2. The van der Waals surface area contributed by atoms with Crippen molar-refractivity contribution in [3.63, 3.8) is 0 Å². The molecule has 8 heteroatoms. The maximum absolute atomic E-state index is 13.4. The molecule has 2 N–H and O–H groups in total.